The summed E-state index contributed by atoms with van der Waals surface area (Å²) in [5, 5.41) is 0. The molecule has 0 aliphatic carbocycles. The zero-order valence-electron chi connectivity index (χ0n) is 14.3. The Hall–Kier alpha value is -1.32. The van der Waals surface area contributed by atoms with Crippen LogP contribution in [0, 0.1) is 5.92 Å². The van der Waals surface area contributed by atoms with Gasteiger partial charge in [-0.3, -0.25) is 9.79 Å². The molecule has 0 aromatic rings. The van der Waals surface area contributed by atoms with Gasteiger partial charge in [0.05, 0.1) is 0 Å². The molecule has 0 fully saturated rings. The first kappa shape index (κ1) is 19.7. The van der Waals surface area contributed by atoms with Crippen LogP contribution in [0.4, 0.5) is 0 Å². The molecule has 0 aromatic carbocycles. The van der Waals surface area contributed by atoms with Crippen molar-refractivity contribution in [2.24, 2.45) is 16.6 Å². The van der Waals surface area contributed by atoms with Gasteiger partial charge >= 0.3 is 5.97 Å². The number of allylic oxidation sites excluding steroid dienone is 2. The van der Waals surface area contributed by atoms with Crippen molar-refractivity contribution in [3.63, 3.8) is 0 Å². The van der Waals surface area contributed by atoms with E-state index in [9.17, 15) is 4.79 Å². The Balaban J connectivity index is 4.16. The zero-order chi connectivity index (χ0) is 16.3. The van der Waals surface area contributed by atoms with Crippen LogP contribution in [-0.4, -0.2) is 24.8 Å². The Morgan fingerprint density at radius 1 is 1.33 bits per heavy atom. The molecule has 1 unspecified atom stereocenters. The molecule has 21 heavy (non-hydrogen) atoms. The van der Waals surface area contributed by atoms with Crippen LogP contribution >= 0.6 is 0 Å². The van der Waals surface area contributed by atoms with Crippen LogP contribution in [0.15, 0.2) is 16.8 Å². The highest BCUT2D eigenvalue weighted by Crippen LogP contribution is 2.20. The highest BCUT2D eigenvalue weighted by molar-refractivity contribution is 5.76. The molecule has 0 saturated carbocycles. The van der Waals surface area contributed by atoms with Crippen molar-refractivity contribution in [2.75, 3.05) is 7.05 Å². The minimum absolute atomic E-state index is 0.106. The molecule has 0 rings (SSSR count). The maximum absolute atomic E-state index is 11.7. The normalized spacial score (nSPS) is 14.4. The molecule has 0 heterocycles. The Bertz CT molecular complexity index is 354. The second-order valence-corrected chi connectivity index (χ2v) is 6.46. The number of ether oxygens (including phenoxy) is 1. The van der Waals surface area contributed by atoms with Crippen LogP contribution in [-0.2, 0) is 9.53 Å². The lowest BCUT2D eigenvalue weighted by molar-refractivity contribution is -0.154. The molecule has 4 heteroatoms. The SMILES string of the molecule is CCCC(C/C=C(/N)C=NC)CCCC(=O)OC(C)(C)C. The first-order chi connectivity index (χ1) is 9.78. The van der Waals surface area contributed by atoms with Crippen molar-refractivity contribution in [2.45, 2.75) is 71.8 Å². The van der Waals surface area contributed by atoms with E-state index >= 15 is 0 Å². The van der Waals surface area contributed by atoms with Crippen LogP contribution in [0.3, 0.4) is 0 Å². The van der Waals surface area contributed by atoms with E-state index in [1.54, 1.807) is 13.3 Å². The van der Waals surface area contributed by atoms with Gasteiger partial charge in [0, 0.05) is 25.4 Å². The lowest BCUT2D eigenvalue weighted by atomic mass is 9.93. The Kier molecular flexibility index (Phi) is 9.76. The third kappa shape index (κ3) is 12.2. The summed E-state index contributed by atoms with van der Waals surface area (Å²) in [5.41, 5.74) is 6.13. The molecule has 0 aliphatic heterocycles. The average molecular weight is 296 g/mol. The molecule has 122 valence electrons. The van der Waals surface area contributed by atoms with Gasteiger partial charge in [-0.1, -0.05) is 25.8 Å². The quantitative estimate of drug-likeness (QED) is 0.519. The van der Waals surface area contributed by atoms with Crippen LogP contribution in [0.1, 0.15) is 66.2 Å². The van der Waals surface area contributed by atoms with E-state index in [1.807, 2.05) is 26.8 Å². The molecule has 0 spiro atoms. The molecule has 1 atom stereocenters. The van der Waals surface area contributed by atoms with Crippen LogP contribution in [0.25, 0.3) is 0 Å². The maximum atomic E-state index is 11.7. The molecule has 0 aromatic heterocycles. The van der Waals surface area contributed by atoms with E-state index < -0.39 is 5.60 Å². The summed E-state index contributed by atoms with van der Waals surface area (Å²) in [4.78, 5) is 15.6. The first-order valence-electron chi connectivity index (χ1n) is 7.88. The standard InChI is InChI=1S/C17H32N2O2/c1-6-8-14(11-12-15(18)13-19-5)9-7-10-16(20)21-17(2,3)4/h12-14H,6-11,18H2,1-5H3/b15-12+,19-13?. The lowest BCUT2D eigenvalue weighted by Gasteiger charge is -2.20. The smallest absolute Gasteiger partial charge is 0.306 e. The predicted octanol–water partition coefficient (Wildman–Crippen LogP) is 3.85. The topological polar surface area (TPSA) is 64.7 Å². The average Bonchev–Trinajstić information content (AvgIpc) is 2.34. The molecule has 0 saturated heterocycles. The van der Waals surface area contributed by atoms with Gasteiger partial charge in [-0.05, 0) is 46.0 Å². The number of hydrogen-bond donors (Lipinski definition) is 1. The van der Waals surface area contributed by atoms with Gasteiger partial charge in [-0.25, -0.2) is 0 Å². The third-order valence-corrected chi connectivity index (χ3v) is 3.08. The number of rotatable bonds is 9. The van der Waals surface area contributed by atoms with Crippen molar-refractivity contribution in [1.29, 1.82) is 0 Å². The number of nitrogens with zero attached hydrogens (tertiary/aromatic N) is 1. The summed E-state index contributed by atoms with van der Waals surface area (Å²) < 4.78 is 5.32. The van der Waals surface area contributed by atoms with Gasteiger partial charge in [0.1, 0.15) is 5.60 Å². The predicted molar refractivity (Wildman–Crippen MR) is 89.4 cm³/mol. The molecule has 0 amide bonds. The van der Waals surface area contributed by atoms with Crippen molar-refractivity contribution >= 4 is 12.2 Å². The summed E-state index contributed by atoms with van der Waals surface area (Å²) in [6.45, 7) is 7.87. The molecule has 0 aliphatic rings. The van der Waals surface area contributed by atoms with Gasteiger partial charge in [-0.2, -0.15) is 0 Å². The number of carbonyl (C=O) groups is 1. The van der Waals surface area contributed by atoms with Crippen molar-refractivity contribution in [1.82, 2.24) is 0 Å². The first-order valence-corrected chi connectivity index (χ1v) is 7.88. The molecule has 2 N–H and O–H groups in total. The van der Waals surface area contributed by atoms with Gasteiger partial charge < -0.3 is 10.5 Å². The monoisotopic (exact) mass is 296 g/mol. The number of esters is 1. The van der Waals surface area contributed by atoms with Gasteiger partial charge in [0.2, 0.25) is 0 Å². The Morgan fingerprint density at radius 3 is 2.52 bits per heavy atom. The zero-order valence-corrected chi connectivity index (χ0v) is 14.3. The van der Waals surface area contributed by atoms with E-state index in [2.05, 4.69) is 11.9 Å². The van der Waals surface area contributed by atoms with Gasteiger partial charge in [0.25, 0.3) is 0 Å². The number of aliphatic imine (C=N–C) groups is 1. The summed E-state index contributed by atoms with van der Waals surface area (Å²) in [6.07, 6.45) is 9.33. The van der Waals surface area contributed by atoms with Gasteiger partial charge in [0.15, 0.2) is 0 Å². The molecular formula is C17H32N2O2. The van der Waals surface area contributed by atoms with E-state index in [4.69, 9.17) is 10.5 Å². The fourth-order valence-electron chi connectivity index (χ4n) is 2.22. The van der Waals surface area contributed by atoms with E-state index in [1.165, 1.54) is 0 Å². The van der Waals surface area contributed by atoms with E-state index in [0.29, 0.717) is 18.0 Å². The number of nitrogens with two attached hydrogens (primary N) is 1. The van der Waals surface area contributed by atoms with Crippen LogP contribution in [0.2, 0.25) is 0 Å². The summed E-state index contributed by atoms with van der Waals surface area (Å²) in [6, 6.07) is 0. The number of hydrogen-bond acceptors (Lipinski definition) is 4. The number of carbonyl (C=O) groups excluding carboxylic acids is 1. The van der Waals surface area contributed by atoms with Gasteiger partial charge in [-0.15, -0.1) is 0 Å². The van der Waals surface area contributed by atoms with Crippen LogP contribution in [0.5, 0.6) is 0 Å². The van der Waals surface area contributed by atoms with Crippen molar-refractivity contribution in [3.05, 3.63) is 11.8 Å². The molecule has 0 radical (unpaired) electrons. The Labute approximate surface area is 129 Å². The summed E-state index contributed by atoms with van der Waals surface area (Å²) in [5.74, 6) is 0.465. The molecule has 4 nitrogen and oxygen atoms in total. The fourth-order valence-corrected chi connectivity index (χ4v) is 2.22. The second kappa shape index (κ2) is 10.4. The van der Waals surface area contributed by atoms with Crippen LogP contribution < -0.4 is 5.73 Å². The minimum Gasteiger partial charge on any atom is -0.460 e. The lowest BCUT2D eigenvalue weighted by Crippen LogP contribution is -2.23. The minimum atomic E-state index is -0.392. The fraction of sp³-hybridized carbons (Fsp3) is 0.765. The van der Waals surface area contributed by atoms with E-state index in [-0.39, 0.29) is 5.97 Å². The van der Waals surface area contributed by atoms with Crippen molar-refractivity contribution in [3.8, 4) is 0 Å². The highest BCUT2D eigenvalue weighted by atomic mass is 16.6. The molecular weight excluding hydrogens is 264 g/mol. The summed E-state index contributed by atoms with van der Waals surface area (Å²) in [7, 11) is 1.71. The maximum Gasteiger partial charge on any atom is 0.306 e. The third-order valence-electron chi connectivity index (χ3n) is 3.08. The largest absolute Gasteiger partial charge is 0.460 e. The Morgan fingerprint density at radius 2 is 2.00 bits per heavy atom. The second-order valence-electron chi connectivity index (χ2n) is 6.46. The summed E-state index contributed by atoms with van der Waals surface area (Å²) >= 11 is 0. The van der Waals surface area contributed by atoms with Crippen molar-refractivity contribution < 1.29 is 9.53 Å². The molecule has 0 bridgehead atoms. The highest BCUT2D eigenvalue weighted by Gasteiger charge is 2.16. The van der Waals surface area contributed by atoms with E-state index in [0.717, 1.165) is 32.1 Å².